The fourth-order valence-corrected chi connectivity index (χ4v) is 2.86. The molecule has 0 unspecified atom stereocenters. The topological polar surface area (TPSA) is 76.9 Å². The first-order chi connectivity index (χ1) is 11.2. The first-order valence-corrected chi connectivity index (χ1v) is 8.05. The Morgan fingerprint density at radius 2 is 2.09 bits per heavy atom. The van der Waals surface area contributed by atoms with Crippen molar-refractivity contribution in [3.05, 3.63) is 41.5 Å². The van der Waals surface area contributed by atoms with Gasteiger partial charge >= 0.3 is 0 Å². The van der Waals surface area contributed by atoms with Crippen LogP contribution in [0.15, 0.2) is 24.5 Å². The molecule has 2 heterocycles. The van der Waals surface area contributed by atoms with E-state index in [4.69, 9.17) is 0 Å². The van der Waals surface area contributed by atoms with Crippen molar-refractivity contribution in [3.8, 4) is 5.95 Å². The summed E-state index contributed by atoms with van der Waals surface area (Å²) in [6.45, 7) is 2.69. The van der Waals surface area contributed by atoms with E-state index in [0.29, 0.717) is 30.2 Å². The summed E-state index contributed by atoms with van der Waals surface area (Å²) < 4.78 is 1.73. The first kappa shape index (κ1) is 15.4. The molecule has 0 aliphatic heterocycles. The van der Waals surface area contributed by atoms with Gasteiger partial charge in [0, 0.05) is 36.6 Å². The smallest absolute Gasteiger partial charge is 0.268 e. The average molecular weight is 312 g/mol. The molecule has 0 spiro atoms. The van der Waals surface area contributed by atoms with Gasteiger partial charge in [0.25, 0.3) is 5.91 Å². The molecule has 6 nitrogen and oxygen atoms in total. The van der Waals surface area contributed by atoms with Gasteiger partial charge in [0.1, 0.15) is 5.69 Å². The van der Waals surface area contributed by atoms with Gasteiger partial charge < -0.3 is 5.32 Å². The summed E-state index contributed by atoms with van der Waals surface area (Å²) in [5, 5.41) is 2.91. The van der Waals surface area contributed by atoms with E-state index in [1.165, 1.54) is 0 Å². The molecule has 0 fully saturated rings. The van der Waals surface area contributed by atoms with E-state index in [2.05, 4.69) is 22.2 Å². The third-order valence-electron chi connectivity index (χ3n) is 4.02. The van der Waals surface area contributed by atoms with Gasteiger partial charge in [-0.25, -0.2) is 9.97 Å². The number of carbonyl (C=O) groups excluding carboxylic acids is 2. The molecule has 1 N–H and O–H groups in total. The number of nitrogens with one attached hydrogen (secondary N) is 1. The number of hydrogen-bond donors (Lipinski definition) is 1. The van der Waals surface area contributed by atoms with E-state index in [0.717, 1.165) is 31.4 Å². The van der Waals surface area contributed by atoms with Gasteiger partial charge in [0.2, 0.25) is 5.95 Å². The second-order valence-electron chi connectivity index (χ2n) is 5.66. The van der Waals surface area contributed by atoms with Crippen molar-refractivity contribution in [2.75, 3.05) is 6.54 Å². The highest BCUT2D eigenvalue weighted by Gasteiger charge is 2.27. The predicted octanol–water partition coefficient (Wildman–Crippen LogP) is 2.32. The Morgan fingerprint density at radius 3 is 2.83 bits per heavy atom. The molecule has 0 atom stereocenters. The Balaban J connectivity index is 2.04. The Bertz CT molecular complexity index is 722. The number of fused-ring (bicyclic) bond motifs is 1. The second-order valence-corrected chi connectivity index (χ2v) is 5.66. The Hall–Kier alpha value is -2.50. The maximum atomic E-state index is 12.5. The van der Waals surface area contributed by atoms with Crippen LogP contribution in [-0.4, -0.2) is 32.8 Å². The molecule has 1 amide bonds. The number of amides is 1. The Kier molecular flexibility index (Phi) is 4.50. The zero-order valence-corrected chi connectivity index (χ0v) is 13.2. The zero-order chi connectivity index (χ0) is 16.2. The van der Waals surface area contributed by atoms with Gasteiger partial charge in [-0.15, -0.1) is 0 Å². The van der Waals surface area contributed by atoms with Crippen LogP contribution in [0.25, 0.3) is 5.95 Å². The van der Waals surface area contributed by atoms with Gasteiger partial charge in [0.05, 0.1) is 0 Å². The van der Waals surface area contributed by atoms with E-state index in [1.807, 2.05) is 0 Å². The van der Waals surface area contributed by atoms with Crippen LogP contribution in [0.5, 0.6) is 0 Å². The number of nitrogens with zero attached hydrogens (tertiary/aromatic N) is 3. The highest BCUT2D eigenvalue weighted by molar-refractivity contribution is 6.02. The Labute approximate surface area is 134 Å². The zero-order valence-electron chi connectivity index (χ0n) is 13.2. The summed E-state index contributed by atoms with van der Waals surface area (Å²) in [6, 6.07) is 3.42. The van der Waals surface area contributed by atoms with E-state index in [9.17, 15) is 9.59 Å². The van der Waals surface area contributed by atoms with Crippen LogP contribution in [0.1, 0.15) is 59.1 Å². The van der Waals surface area contributed by atoms with Gasteiger partial charge in [-0.3, -0.25) is 14.2 Å². The second kappa shape index (κ2) is 6.73. The lowest BCUT2D eigenvalue weighted by Gasteiger charge is -2.15. The van der Waals surface area contributed by atoms with Crippen molar-refractivity contribution in [3.63, 3.8) is 0 Å². The van der Waals surface area contributed by atoms with Crippen molar-refractivity contribution < 1.29 is 9.59 Å². The van der Waals surface area contributed by atoms with Crippen LogP contribution in [0.3, 0.4) is 0 Å². The highest BCUT2D eigenvalue weighted by atomic mass is 16.2. The van der Waals surface area contributed by atoms with E-state index >= 15 is 0 Å². The van der Waals surface area contributed by atoms with Gasteiger partial charge in [-0.2, -0.15) is 0 Å². The number of carbonyl (C=O) groups is 2. The summed E-state index contributed by atoms with van der Waals surface area (Å²) in [5.41, 5.74) is 1.91. The summed E-state index contributed by atoms with van der Waals surface area (Å²) >= 11 is 0. The molecule has 23 heavy (non-hydrogen) atoms. The molecular formula is C17H20N4O2. The van der Waals surface area contributed by atoms with E-state index < -0.39 is 0 Å². The minimum absolute atomic E-state index is 0.0866. The van der Waals surface area contributed by atoms with Crippen LogP contribution in [0.2, 0.25) is 0 Å². The summed E-state index contributed by atoms with van der Waals surface area (Å²) in [6.07, 6.45) is 7.28. The van der Waals surface area contributed by atoms with Crippen LogP contribution < -0.4 is 5.32 Å². The molecule has 0 aromatic carbocycles. The van der Waals surface area contributed by atoms with Crippen molar-refractivity contribution in [1.82, 2.24) is 19.9 Å². The molecule has 120 valence electrons. The number of Topliss-reactive ketones (excluding diaryl/α,β-unsaturated/α-hetero) is 1. The fourth-order valence-electron chi connectivity index (χ4n) is 2.86. The third kappa shape index (κ3) is 3.02. The normalized spacial score (nSPS) is 13.7. The number of hydrogen-bond acceptors (Lipinski definition) is 4. The SMILES string of the molecule is CCCCNC(=O)c1cc2c(n1-c1ncccn1)CCCC2=O. The standard InChI is InChI=1S/C17H20N4O2/c1-2-3-8-18-16(23)14-11-12-13(6-4-7-15(12)22)21(14)17-19-9-5-10-20-17/h5,9-11H,2-4,6-8H2,1H3,(H,18,23). The first-order valence-electron chi connectivity index (χ1n) is 8.05. The average Bonchev–Trinajstić information content (AvgIpc) is 2.97. The highest BCUT2D eigenvalue weighted by Crippen LogP contribution is 2.27. The quantitative estimate of drug-likeness (QED) is 0.860. The number of rotatable bonds is 5. The third-order valence-corrected chi connectivity index (χ3v) is 4.02. The van der Waals surface area contributed by atoms with Crippen molar-refractivity contribution in [2.45, 2.75) is 39.0 Å². The minimum Gasteiger partial charge on any atom is -0.351 e. The van der Waals surface area contributed by atoms with Gasteiger partial charge in [-0.05, 0) is 31.4 Å². The summed E-state index contributed by atoms with van der Waals surface area (Å²) in [4.78, 5) is 33.2. The molecule has 1 aliphatic rings. The molecule has 1 aliphatic carbocycles. The lowest BCUT2D eigenvalue weighted by Crippen LogP contribution is -2.27. The number of aromatic nitrogens is 3. The fraction of sp³-hybridized carbons (Fsp3) is 0.412. The largest absolute Gasteiger partial charge is 0.351 e. The molecule has 2 aromatic rings. The Morgan fingerprint density at radius 1 is 1.30 bits per heavy atom. The summed E-state index contributed by atoms with van der Waals surface area (Å²) in [5.74, 6) is 0.334. The van der Waals surface area contributed by atoms with Gasteiger partial charge in [0.15, 0.2) is 5.78 Å². The van der Waals surface area contributed by atoms with E-state index in [1.54, 1.807) is 29.1 Å². The molecule has 0 bridgehead atoms. The van der Waals surface area contributed by atoms with Crippen LogP contribution >= 0.6 is 0 Å². The van der Waals surface area contributed by atoms with Crippen molar-refractivity contribution >= 4 is 11.7 Å². The predicted molar refractivity (Wildman–Crippen MR) is 85.9 cm³/mol. The molecule has 0 saturated heterocycles. The molecule has 3 rings (SSSR count). The molecule has 6 heteroatoms. The van der Waals surface area contributed by atoms with Crippen LogP contribution in [0, 0.1) is 0 Å². The van der Waals surface area contributed by atoms with E-state index in [-0.39, 0.29) is 11.7 Å². The maximum Gasteiger partial charge on any atom is 0.268 e. The number of ketones is 1. The van der Waals surface area contributed by atoms with Crippen LogP contribution in [-0.2, 0) is 6.42 Å². The summed E-state index contributed by atoms with van der Waals surface area (Å²) in [7, 11) is 0. The van der Waals surface area contributed by atoms with Crippen molar-refractivity contribution in [1.29, 1.82) is 0 Å². The molecule has 0 saturated carbocycles. The monoisotopic (exact) mass is 312 g/mol. The maximum absolute atomic E-state index is 12.5. The van der Waals surface area contributed by atoms with Crippen LogP contribution in [0.4, 0.5) is 0 Å². The molecule has 2 aromatic heterocycles. The minimum atomic E-state index is -0.187. The number of unbranched alkanes of at least 4 members (excludes halogenated alkanes) is 1. The van der Waals surface area contributed by atoms with Crippen molar-refractivity contribution in [2.24, 2.45) is 0 Å². The molecular weight excluding hydrogens is 292 g/mol. The molecule has 0 radical (unpaired) electrons. The van der Waals surface area contributed by atoms with Gasteiger partial charge in [-0.1, -0.05) is 13.3 Å². The lowest BCUT2D eigenvalue weighted by atomic mass is 9.97. The lowest BCUT2D eigenvalue weighted by molar-refractivity contribution is 0.0944.